The third-order valence-corrected chi connectivity index (χ3v) is 3.86. The molecule has 0 aliphatic carbocycles. The number of aryl methyl sites for hydroxylation is 1. The fraction of sp³-hybridized carbons (Fsp3) is 0.750. The third-order valence-electron chi connectivity index (χ3n) is 3.86. The lowest BCUT2D eigenvalue weighted by atomic mass is 9.99. The summed E-state index contributed by atoms with van der Waals surface area (Å²) < 4.78 is 10.8. The zero-order valence-corrected chi connectivity index (χ0v) is 14.1. The van der Waals surface area contributed by atoms with Crippen LogP contribution in [0.2, 0.25) is 0 Å². The number of ether oxygens (including phenoxy) is 1. The lowest BCUT2D eigenvalue weighted by Crippen LogP contribution is -2.56. The van der Waals surface area contributed by atoms with Crippen molar-refractivity contribution in [1.82, 2.24) is 15.4 Å². The Labute approximate surface area is 132 Å². The van der Waals surface area contributed by atoms with E-state index in [0.29, 0.717) is 6.54 Å². The second-order valence-corrected chi connectivity index (χ2v) is 6.55. The van der Waals surface area contributed by atoms with Gasteiger partial charge in [0.15, 0.2) is 0 Å². The Morgan fingerprint density at radius 2 is 2.05 bits per heavy atom. The lowest BCUT2D eigenvalue weighted by molar-refractivity contribution is -0.135. The summed E-state index contributed by atoms with van der Waals surface area (Å²) in [6.45, 7) is 12.1. The Hall–Kier alpha value is -1.40. The monoisotopic (exact) mass is 309 g/mol. The van der Waals surface area contributed by atoms with Gasteiger partial charge < -0.3 is 14.6 Å². The molecule has 1 amide bonds. The SMILES string of the molecule is Cc1cc(CNC(=O)[C@H](C(C)C)N2C[C@@H](C)O[C@@H](C)C2)no1. The van der Waals surface area contributed by atoms with Crippen LogP contribution in [0.5, 0.6) is 0 Å². The molecule has 6 heteroatoms. The van der Waals surface area contributed by atoms with E-state index in [1.54, 1.807) is 0 Å². The van der Waals surface area contributed by atoms with E-state index in [2.05, 4.69) is 43.1 Å². The summed E-state index contributed by atoms with van der Waals surface area (Å²) in [5.74, 6) is 1.02. The number of hydrogen-bond donors (Lipinski definition) is 1. The van der Waals surface area contributed by atoms with Crippen LogP contribution in [0.25, 0.3) is 0 Å². The van der Waals surface area contributed by atoms with Crippen molar-refractivity contribution in [2.75, 3.05) is 13.1 Å². The van der Waals surface area contributed by atoms with Crippen molar-refractivity contribution < 1.29 is 14.1 Å². The highest BCUT2D eigenvalue weighted by molar-refractivity contribution is 5.82. The number of hydrogen-bond acceptors (Lipinski definition) is 5. The topological polar surface area (TPSA) is 67.6 Å². The third kappa shape index (κ3) is 4.30. The van der Waals surface area contributed by atoms with Gasteiger partial charge in [-0.15, -0.1) is 0 Å². The van der Waals surface area contributed by atoms with E-state index in [-0.39, 0.29) is 30.1 Å². The highest BCUT2D eigenvalue weighted by Gasteiger charge is 2.34. The first kappa shape index (κ1) is 17.0. The second kappa shape index (κ2) is 7.24. The van der Waals surface area contributed by atoms with Crippen molar-refractivity contribution in [3.8, 4) is 0 Å². The summed E-state index contributed by atoms with van der Waals surface area (Å²) in [7, 11) is 0. The minimum absolute atomic E-state index is 0.0388. The first-order valence-electron chi connectivity index (χ1n) is 7.96. The molecule has 2 rings (SSSR count). The van der Waals surface area contributed by atoms with E-state index in [4.69, 9.17) is 9.26 Å². The first-order valence-corrected chi connectivity index (χ1v) is 7.96. The van der Waals surface area contributed by atoms with Gasteiger partial charge in [-0.2, -0.15) is 0 Å². The summed E-state index contributed by atoms with van der Waals surface area (Å²) in [5, 5.41) is 6.88. The van der Waals surface area contributed by atoms with Crippen LogP contribution in [0.3, 0.4) is 0 Å². The largest absolute Gasteiger partial charge is 0.373 e. The predicted octanol–water partition coefficient (Wildman–Crippen LogP) is 1.73. The van der Waals surface area contributed by atoms with Crippen LogP contribution in [-0.4, -0.2) is 47.3 Å². The molecule has 1 fully saturated rings. The number of nitrogens with zero attached hydrogens (tertiary/aromatic N) is 2. The second-order valence-electron chi connectivity index (χ2n) is 6.55. The van der Waals surface area contributed by atoms with Crippen LogP contribution in [0.15, 0.2) is 10.6 Å². The van der Waals surface area contributed by atoms with Crippen molar-refractivity contribution in [1.29, 1.82) is 0 Å². The lowest BCUT2D eigenvalue weighted by Gasteiger charge is -2.40. The van der Waals surface area contributed by atoms with E-state index >= 15 is 0 Å². The average molecular weight is 309 g/mol. The quantitative estimate of drug-likeness (QED) is 0.897. The van der Waals surface area contributed by atoms with E-state index in [0.717, 1.165) is 24.5 Å². The van der Waals surface area contributed by atoms with Crippen molar-refractivity contribution in [2.45, 2.75) is 59.4 Å². The van der Waals surface area contributed by atoms with E-state index in [9.17, 15) is 4.79 Å². The standard InChI is InChI=1S/C16H27N3O3/c1-10(2)15(19-8-12(4)21-13(5)9-19)16(20)17-7-14-6-11(3)22-18-14/h6,10,12-13,15H,7-9H2,1-5H3,(H,17,20)/t12-,13+,15-/m0/s1. The number of morpholine rings is 1. The molecule has 0 saturated carbocycles. The number of aromatic nitrogens is 1. The summed E-state index contributed by atoms with van der Waals surface area (Å²) in [4.78, 5) is 14.9. The molecular weight excluding hydrogens is 282 g/mol. The Morgan fingerprint density at radius 1 is 1.41 bits per heavy atom. The molecule has 1 aromatic rings. The van der Waals surface area contributed by atoms with Crippen molar-refractivity contribution >= 4 is 5.91 Å². The molecule has 22 heavy (non-hydrogen) atoms. The summed E-state index contributed by atoms with van der Waals surface area (Å²) >= 11 is 0. The van der Waals surface area contributed by atoms with Crippen LogP contribution in [0.4, 0.5) is 0 Å². The molecule has 6 nitrogen and oxygen atoms in total. The molecule has 1 aromatic heterocycles. The number of carbonyl (C=O) groups excluding carboxylic acids is 1. The Morgan fingerprint density at radius 3 is 2.55 bits per heavy atom. The van der Waals surface area contributed by atoms with E-state index in [1.807, 2.05) is 13.0 Å². The number of nitrogens with one attached hydrogen (secondary N) is 1. The number of amides is 1. The zero-order chi connectivity index (χ0) is 16.3. The van der Waals surface area contributed by atoms with Gasteiger partial charge in [-0.25, -0.2) is 0 Å². The normalized spacial score (nSPS) is 24.5. The molecule has 0 radical (unpaired) electrons. The van der Waals surface area contributed by atoms with Gasteiger partial charge in [-0.3, -0.25) is 9.69 Å². The molecule has 0 unspecified atom stereocenters. The minimum atomic E-state index is -0.151. The van der Waals surface area contributed by atoms with Crippen LogP contribution in [0.1, 0.15) is 39.1 Å². The Balaban J connectivity index is 1.98. The zero-order valence-electron chi connectivity index (χ0n) is 14.1. The van der Waals surface area contributed by atoms with E-state index < -0.39 is 0 Å². The molecule has 0 bridgehead atoms. The molecule has 1 N–H and O–H groups in total. The van der Waals surface area contributed by atoms with Crippen LogP contribution in [-0.2, 0) is 16.1 Å². The summed E-state index contributed by atoms with van der Waals surface area (Å²) in [6, 6.07) is 1.69. The molecule has 1 saturated heterocycles. The van der Waals surface area contributed by atoms with Gasteiger partial charge >= 0.3 is 0 Å². The van der Waals surface area contributed by atoms with Crippen LogP contribution >= 0.6 is 0 Å². The van der Waals surface area contributed by atoms with Crippen molar-refractivity contribution in [3.63, 3.8) is 0 Å². The summed E-state index contributed by atoms with van der Waals surface area (Å²) in [6.07, 6.45) is 0.298. The molecule has 2 heterocycles. The maximum Gasteiger partial charge on any atom is 0.237 e. The number of carbonyl (C=O) groups is 1. The maximum atomic E-state index is 12.6. The van der Waals surface area contributed by atoms with Crippen LogP contribution < -0.4 is 5.32 Å². The summed E-state index contributed by atoms with van der Waals surface area (Å²) in [5.41, 5.74) is 0.747. The van der Waals surface area contributed by atoms with Gasteiger partial charge in [0.05, 0.1) is 24.8 Å². The molecule has 0 aromatic carbocycles. The van der Waals surface area contributed by atoms with Crippen LogP contribution in [0, 0.1) is 12.8 Å². The fourth-order valence-electron chi connectivity index (χ4n) is 3.12. The Bertz CT molecular complexity index is 491. The minimum Gasteiger partial charge on any atom is -0.373 e. The smallest absolute Gasteiger partial charge is 0.237 e. The van der Waals surface area contributed by atoms with Crippen molar-refractivity contribution in [2.24, 2.45) is 5.92 Å². The molecule has 3 atom stereocenters. The van der Waals surface area contributed by atoms with Gasteiger partial charge in [0.25, 0.3) is 0 Å². The van der Waals surface area contributed by atoms with Gasteiger partial charge in [0, 0.05) is 19.2 Å². The fourth-order valence-corrected chi connectivity index (χ4v) is 3.12. The van der Waals surface area contributed by atoms with Gasteiger partial charge in [0.2, 0.25) is 5.91 Å². The van der Waals surface area contributed by atoms with Gasteiger partial charge in [0.1, 0.15) is 11.5 Å². The maximum absolute atomic E-state index is 12.6. The molecule has 124 valence electrons. The predicted molar refractivity (Wildman–Crippen MR) is 83.3 cm³/mol. The molecule has 0 spiro atoms. The first-order chi connectivity index (χ1) is 10.4. The molecular formula is C16H27N3O3. The van der Waals surface area contributed by atoms with Crippen molar-refractivity contribution in [3.05, 3.63) is 17.5 Å². The van der Waals surface area contributed by atoms with E-state index in [1.165, 1.54) is 0 Å². The number of rotatable bonds is 5. The molecule has 1 aliphatic heterocycles. The average Bonchev–Trinajstić information content (AvgIpc) is 2.81. The Kier molecular flexibility index (Phi) is 5.58. The van der Waals surface area contributed by atoms with Gasteiger partial charge in [-0.1, -0.05) is 19.0 Å². The highest BCUT2D eigenvalue weighted by atomic mass is 16.5. The van der Waals surface area contributed by atoms with Gasteiger partial charge in [-0.05, 0) is 26.7 Å². The molecule has 1 aliphatic rings. The highest BCUT2D eigenvalue weighted by Crippen LogP contribution is 2.18.